The molecule has 0 heterocycles. The van der Waals surface area contributed by atoms with Crippen LogP contribution in [0.15, 0.2) is 54.6 Å². The van der Waals surface area contributed by atoms with Crippen LogP contribution in [0.4, 0.5) is 0 Å². The zero-order chi connectivity index (χ0) is 23.1. The Bertz CT molecular complexity index is 917. The van der Waals surface area contributed by atoms with Crippen LogP contribution in [0.2, 0.25) is 25.7 Å². The second kappa shape index (κ2) is 10.7. The summed E-state index contributed by atoms with van der Waals surface area (Å²) in [5.41, 5.74) is 1.59. The summed E-state index contributed by atoms with van der Waals surface area (Å²) in [5, 5.41) is 0. The van der Waals surface area contributed by atoms with Gasteiger partial charge in [-0.25, -0.2) is 0 Å². The Morgan fingerprint density at radius 2 is 1.69 bits per heavy atom. The molecule has 0 saturated heterocycles. The molecular formula is C26H32O5Si. The molecule has 1 unspecified atom stereocenters. The molecule has 6 heteroatoms. The molecule has 3 atom stereocenters. The highest BCUT2D eigenvalue weighted by Crippen LogP contribution is 2.39. The molecule has 2 aromatic carbocycles. The maximum absolute atomic E-state index is 13.2. The van der Waals surface area contributed by atoms with Gasteiger partial charge in [0.25, 0.3) is 0 Å². The lowest BCUT2D eigenvalue weighted by Gasteiger charge is -2.21. The minimum Gasteiger partial charge on any atom is -0.489 e. The van der Waals surface area contributed by atoms with Crippen molar-refractivity contribution in [2.45, 2.75) is 45.1 Å². The van der Waals surface area contributed by atoms with E-state index >= 15 is 0 Å². The number of hydrogen-bond acceptors (Lipinski definition) is 5. The predicted octanol–water partition coefficient (Wildman–Crippen LogP) is 5.17. The van der Waals surface area contributed by atoms with Crippen molar-refractivity contribution in [2.24, 2.45) is 17.8 Å². The maximum atomic E-state index is 13.2. The van der Waals surface area contributed by atoms with Crippen molar-refractivity contribution < 1.29 is 23.9 Å². The fourth-order valence-corrected chi connectivity index (χ4v) is 4.75. The van der Waals surface area contributed by atoms with Crippen LogP contribution >= 0.6 is 0 Å². The number of rotatable bonds is 10. The van der Waals surface area contributed by atoms with Crippen molar-refractivity contribution in [3.05, 3.63) is 65.7 Å². The van der Waals surface area contributed by atoms with Gasteiger partial charge in [0, 0.05) is 25.5 Å². The Labute approximate surface area is 191 Å². The van der Waals surface area contributed by atoms with Gasteiger partial charge < -0.3 is 14.3 Å². The van der Waals surface area contributed by atoms with Crippen LogP contribution in [0.1, 0.15) is 28.8 Å². The fraction of sp³-hybridized carbons (Fsp3) is 0.423. The predicted molar refractivity (Wildman–Crippen MR) is 126 cm³/mol. The van der Waals surface area contributed by atoms with Gasteiger partial charge in [0.05, 0.1) is 12.5 Å². The van der Waals surface area contributed by atoms with Crippen molar-refractivity contribution in [1.82, 2.24) is 0 Å². The van der Waals surface area contributed by atoms with Crippen molar-refractivity contribution in [3.8, 4) is 5.75 Å². The van der Waals surface area contributed by atoms with E-state index in [0.29, 0.717) is 37.4 Å². The number of carbonyl (C=O) groups excluding carboxylic acids is 3. The normalized spacial score (nSPS) is 20.5. The highest BCUT2D eigenvalue weighted by Gasteiger charge is 2.45. The molecule has 0 aliphatic heterocycles. The highest BCUT2D eigenvalue weighted by molar-refractivity contribution is 6.76. The van der Waals surface area contributed by atoms with Crippen LogP contribution in [0, 0.1) is 17.8 Å². The molecule has 0 bridgehead atoms. The third kappa shape index (κ3) is 6.39. The molecule has 5 nitrogen and oxygen atoms in total. The summed E-state index contributed by atoms with van der Waals surface area (Å²) in [7, 11) is -1.34. The molecular weight excluding hydrogens is 420 g/mol. The first-order chi connectivity index (χ1) is 15.3. The molecule has 0 spiro atoms. The quantitative estimate of drug-likeness (QED) is 0.215. The Kier molecular flexibility index (Phi) is 8.02. The smallest absolute Gasteiger partial charge is 0.310 e. The van der Waals surface area contributed by atoms with Crippen LogP contribution in [0.3, 0.4) is 0 Å². The molecule has 0 N–H and O–H groups in total. The van der Waals surface area contributed by atoms with Gasteiger partial charge in [-0.1, -0.05) is 50.0 Å². The lowest BCUT2D eigenvalue weighted by Crippen LogP contribution is -2.33. The van der Waals surface area contributed by atoms with E-state index in [9.17, 15) is 14.4 Å². The number of aldehydes is 1. The lowest BCUT2D eigenvalue weighted by atomic mass is 9.85. The molecule has 0 amide bonds. The Hall–Kier alpha value is -2.73. The monoisotopic (exact) mass is 452 g/mol. The summed E-state index contributed by atoms with van der Waals surface area (Å²) in [4.78, 5) is 37.5. The van der Waals surface area contributed by atoms with Gasteiger partial charge >= 0.3 is 5.97 Å². The molecule has 170 valence electrons. The highest BCUT2D eigenvalue weighted by atomic mass is 28.3. The van der Waals surface area contributed by atoms with Gasteiger partial charge in [0.15, 0.2) is 5.78 Å². The number of esters is 1. The molecule has 2 aromatic rings. The average Bonchev–Trinajstić information content (AvgIpc) is 3.21. The number of ether oxygens (including phenoxy) is 2. The number of benzene rings is 2. The molecule has 1 aliphatic rings. The summed E-state index contributed by atoms with van der Waals surface area (Å²) < 4.78 is 11.3. The van der Waals surface area contributed by atoms with Gasteiger partial charge in [-0.3, -0.25) is 9.59 Å². The van der Waals surface area contributed by atoms with Gasteiger partial charge in [-0.2, -0.15) is 0 Å². The first kappa shape index (κ1) is 23.9. The SMILES string of the molecule is C[Si](C)(C)CCOC(=O)[C@@H]1C(C=O)CC[C@H]1C(=O)c1ccc(OCc2ccccc2)cc1. The second-order valence-corrected chi connectivity index (χ2v) is 15.3. The van der Waals surface area contributed by atoms with Crippen molar-refractivity contribution in [2.75, 3.05) is 6.61 Å². The van der Waals surface area contributed by atoms with Gasteiger partial charge in [0.1, 0.15) is 18.6 Å². The van der Waals surface area contributed by atoms with Crippen LogP contribution in [-0.4, -0.2) is 32.7 Å². The van der Waals surface area contributed by atoms with Crippen molar-refractivity contribution in [1.29, 1.82) is 0 Å². The molecule has 3 rings (SSSR count). The zero-order valence-corrected chi connectivity index (χ0v) is 20.1. The first-order valence-electron chi connectivity index (χ1n) is 11.2. The van der Waals surface area contributed by atoms with Crippen LogP contribution in [0.25, 0.3) is 0 Å². The summed E-state index contributed by atoms with van der Waals surface area (Å²) in [5.74, 6) is -1.55. The summed E-state index contributed by atoms with van der Waals surface area (Å²) >= 11 is 0. The van der Waals surface area contributed by atoms with Gasteiger partial charge in [-0.15, -0.1) is 0 Å². The van der Waals surface area contributed by atoms with Crippen molar-refractivity contribution >= 4 is 26.1 Å². The summed E-state index contributed by atoms with van der Waals surface area (Å²) in [6, 6.07) is 17.7. The number of hydrogen-bond donors (Lipinski definition) is 0. The van der Waals surface area contributed by atoms with E-state index in [2.05, 4.69) is 19.6 Å². The van der Waals surface area contributed by atoms with E-state index in [1.807, 2.05) is 30.3 Å². The summed E-state index contributed by atoms with van der Waals surface area (Å²) in [6.07, 6.45) is 1.85. The van der Waals surface area contributed by atoms with E-state index in [4.69, 9.17) is 9.47 Å². The Balaban J connectivity index is 1.63. The number of Topliss-reactive ketones (excluding diaryl/α,β-unsaturated/α-hetero) is 1. The standard InChI is InChI=1S/C26H32O5Si/c1-32(2,3)16-15-30-26(29)24-21(17-27)11-14-23(24)25(28)20-9-12-22(13-10-20)31-18-19-7-5-4-6-8-19/h4-10,12-13,17,21,23-24H,11,14-16,18H2,1-3H3/t21?,23-,24-/m1/s1. The van der Waals surface area contributed by atoms with Crippen LogP contribution < -0.4 is 4.74 Å². The second-order valence-electron chi connectivity index (χ2n) is 9.65. The average molecular weight is 453 g/mol. The van der Waals surface area contributed by atoms with E-state index < -0.39 is 31.8 Å². The van der Waals surface area contributed by atoms with E-state index in [-0.39, 0.29) is 5.78 Å². The lowest BCUT2D eigenvalue weighted by molar-refractivity contribution is -0.151. The molecule has 1 saturated carbocycles. The van der Waals surface area contributed by atoms with Crippen LogP contribution in [-0.2, 0) is 20.9 Å². The third-order valence-corrected chi connectivity index (χ3v) is 7.68. The Morgan fingerprint density at radius 1 is 1.00 bits per heavy atom. The minimum atomic E-state index is -1.34. The van der Waals surface area contributed by atoms with Gasteiger partial charge in [0.2, 0.25) is 0 Å². The molecule has 1 fully saturated rings. The fourth-order valence-electron chi connectivity index (χ4n) is 4.04. The molecule has 0 aromatic heterocycles. The molecule has 0 radical (unpaired) electrons. The zero-order valence-electron chi connectivity index (χ0n) is 19.1. The van der Waals surface area contributed by atoms with E-state index in [1.165, 1.54) is 0 Å². The minimum absolute atomic E-state index is 0.115. The maximum Gasteiger partial charge on any atom is 0.310 e. The third-order valence-electron chi connectivity index (χ3n) is 5.97. The number of carbonyl (C=O) groups is 3. The summed E-state index contributed by atoms with van der Waals surface area (Å²) in [6.45, 7) is 7.44. The van der Waals surface area contributed by atoms with Crippen LogP contribution in [0.5, 0.6) is 5.75 Å². The van der Waals surface area contributed by atoms with E-state index in [1.54, 1.807) is 24.3 Å². The molecule has 32 heavy (non-hydrogen) atoms. The largest absolute Gasteiger partial charge is 0.489 e. The molecule has 1 aliphatic carbocycles. The number of ketones is 1. The van der Waals surface area contributed by atoms with E-state index in [0.717, 1.165) is 17.9 Å². The van der Waals surface area contributed by atoms with Crippen molar-refractivity contribution in [3.63, 3.8) is 0 Å². The topological polar surface area (TPSA) is 69.7 Å². The first-order valence-corrected chi connectivity index (χ1v) is 14.9. The Morgan fingerprint density at radius 3 is 2.31 bits per heavy atom. The van der Waals surface area contributed by atoms with Gasteiger partial charge in [-0.05, 0) is 48.7 Å².